The van der Waals surface area contributed by atoms with Crippen molar-refractivity contribution in [1.29, 1.82) is 0 Å². The summed E-state index contributed by atoms with van der Waals surface area (Å²) in [6.45, 7) is 6.30. The molecule has 2 N–H and O–H groups in total. The average Bonchev–Trinajstić information content (AvgIpc) is 3.07. The van der Waals surface area contributed by atoms with Crippen LogP contribution in [-0.4, -0.2) is 54.4 Å². The fourth-order valence-corrected chi connectivity index (χ4v) is 3.02. The molecule has 0 fully saturated rings. The summed E-state index contributed by atoms with van der Waals surface area (Å²) in [7, 11) is 1.71. The van der Waals surface area contributed by atoms with Gasteiger partial charge in [0.25, 0.3) is 0 Å². The van der Waals surface area contributed by atoms with E-state index >= 15 is 0 Å². The molecule has 0 saturated heterocycles. The Kier molecular flexibility index (Phi) is 6.44. The monoisotopic (exact) mass is 312 g/mol. The first-order chi connectivity index (χ1) is 10.3. The summed E-state index contributed by atoms with van der Waals surface area (Å²) in [5, 5.41) is 14.5. The van der Waals surface area contributed by atoms with Gasteiger partial charge in [-0.15, -0.1) is 11.3 Å². The number of anilines is 1. The molecule has 0 saturated carbocycles. The maximum atomic E-state index is 9.05. The molecule has 0 radical (unpaired) electrons. The molecule has 0 aliphatic rings. The summed E-state index contributed by atoms with van der Waals surface area (Å²) in [6, 6.07) is 0. The van der Waals surface area contributed by atoms with Crippen molar-refractivity contribution in [3.63, 3.8) is 0 Å². The van der Waals surface area contributed by atoms with Crippen LogP contribution in [0.4, 0.5) is 5.82 Å². The van der Waals surface area contributed by atoms with Gasteiger partial charge in [-0.1, -0.05) is 0 Å². The lowest BCUT2D eigenvalue weighted by Gasteiger charge is -2.21. The number of imidazole rings is 1. The van der Waals surface area contributed by atoms with Crippen LogP contribution in [0.1, 0.15) is 19.0 Å². The number of aliphatic hydroxyl groups is 1. The Morgan fingerprint density at radius 1 is 1.52 bits per heavy atom. The summed E-state index contributed by atoms with van der Waals surface area (Å²) >= 11 is 1.64. The number of aromatic nitrogens is 2. The minimum absolute atomic E-state index is 0.208. The lowest BCUT2D eigenvalue weighted by molar-refractivity contribution is 0.199. The highest BCUT2D eigenvalue weighted by Crippen LogP contribution is 2.24. The minimum atomic E-state index is 0.208. The molecular weight excluding hydrogens is 288 g/mol. The van der Waals surface area contributed by atoms with Gasteiger partial charge < -0.3 is 20.1 Å². The number of nitrogens with one attached hydrogen (secondary N) is 1. The van der Waals surface area contributed by atoms with E-state index in [1.807, 2.05) is 0 Å². The Labute approximate surface area is 129 Å². The molecule has 0 spiro atoms. The number of rotatable bonds is 10. The lowest BCUT2D eigenvalue weighted by Crippen LogP contribution is -2.28. The molecule has 7 heteroatoms. The van der Waals surface area contributed by atoms with Gasteiger partial charge in [-0.2, -0.15) is 0 Å². The van der Waals surface area contributed by atoms with Crippen molar-refractivity contribution in [1.82, 2.24) is 14.7 Å². The molecule has 2 aromatic heterocycles. The van der Waals surface area contributed by atoms with Crippen molar-refractivity contribution in [2.45, 2.75) is 19.9 Å². The van der Waals surface area contributed by atoms with Crippen molar-refractivity contribution in [3.05, 3.63) is 17.3 Å². The number of ether oxygens (including phenoxy) is 1. The van der Waals surface area contributed by atoms with Crippen molar-refractivity contribution in [2.75, 3.05) is 44.9 Å². The first-order valence-electron chi connectivity index (χ1n) is 7.31. The molecule has 6 nitrogen and oxygen atoms in total. The van der Waals surface area contributed by atoms with Crippen LogP contribution in [0.25, 0.3) is 4.96 Å². The number of nitrogens with zero attached hydrogens (tertiary/aromatic N) is 3. The average molecular weight is 312 g/mol. The van der Waals surface area contributed by atoms with Gasteiger partial charge in [0, 0.05) is 51.5 Å². The summed E-state index contributed by atoms with van der Waals surface area (Å²) in [6.07, 6.45) is 2.82. The van der Waals surface area contributed by atoms with E-state index in [1.54, 1.807) is 18.4 Å². The number of hydrogen-bond acceptors (Lipinski definition) is 6. The second-order valence-electron chi connectivity index (χ2n) is 4.76. The molecule has 0 unspecified atom stereocenters. The van der Waals surface area contributed by atoms with Crippen LogP contribution in [0.15, 0.2) is 11.6 Å². The van der Waals surface area contributed by atoms with E-state index in [4.69, 9.17) is 14.8 Å². The van der Waals surface area contributed by atoms with Gasteiger partial charge in [0.15, 0.2) is 10.8 Å². The van der Waals surface area contributed by atoms with Crippen LogP contribution in [0, 0.1) is 0 Å². The second-order valence-corrected chi connectivity index (χ2v) is 5.64. The molecule has 0 aliphatic heterocycles. The molecule has 2 heterocycles. The molecular formula is C14H24N4O2S. The van der Waals surface area contributed by atoms with Crippen molar-refractivity contribution in [3.8, 4) is 0 Å². The van der Waals surface area contributed by atoms with Crippen LogP contribution in [-0.2, 0) is 11.3 Å². The fraction of sp³-hybridized carbons (Fsp3) is 0.643. The van der Waals surface area contributed by atoms with Crippen LogP contribution >= 0.6 is 11.3 Å². The first-order valence-corrected chi connectivity index (χ1v) is 8.19. The van der Waals surface area contributed by atoms with Gasteiger partial charge in [0.2, 0.25) is 0 Å². The fourth-order valence-electron chi connectivity index (χ4n) is 2.30. The summed E-state index contributed by atoms with van der Waals surface area (Å²) in [5.74, 6) is 1.02. The summed E-state index contributed by atoms with van der Waals surface area (Å²) in [4.78, 5) is 7.99. The van der Waals surface area contributed by atoms with E-state index in [9.17, 15) is 0 Å². The third kappa shape index (κ3) is 3.94. The van der Waals surface area contributed by atoms with E-state index in [1.165, 1.54) is 5.69 Å². The normalized spacial score (nSPS) is 11.4. The highest BCUT2D eigenvalue weighted by molar-refractivity contribution is 7.15. The van der Waals surface area contributed by atoms with Crippen LogP contribution in [0.5, 0.6) is 0 Å². The number of aliphatic hydroxyl groups excluding tert-OH is 1. The summed E-state index contributed by atoms with van der Waals surface area (Å²) < 4.78 is 7.20. The maximum Gasteiger partial charge on any atom is 0.195 e. The van der Waals surface area contributed by atoms with Gasteiger partial charge in [-0.05, 0) is 13.3 Å². The molecule has 118 valence electrons. The standard InChI is InChI=1S/C14H24N4O2S/c1-3-17(6-4-8-19)13-12(11-15-5-9-20-2)18-7-10-21-14(18)16-13/h7,10,15,19H,3-6,8-9,11H2,1-2H3. The molecule has 0 bridgehead atoms. The molecule has 2 rings (SSSR count). The van der Waals surface area contributed by atoms with Gasteiger partial charge in [-0.25, -0.2) is 4.98 Å². The van der Waals surface area contributed by atoms with E-state index in [0.29, 0.717) is 6.61 Å². The third-order valence-corrected chi connectivity index (χ3v) is 4.14. The minimum Gasteiger partial charge on any atom is -0.396 e. The smallest absolute Gasteiger partial charge is 0.195 e. The Hall–Kier alpha value is -1.15. The van der Waals surface area contributed by atoms with Gasteiger partial charge >= 0.3 is 0 Å². The van der Waals surface area contributed by atoms with Gasteiger partial charge in [0.1, 0.15) is 0 Å². The Morgan fingerprint density at radius 2 is 2.38 bits per heavy atom. The number of methoxy groups -OCH3 is 1. The molecule has 2 aromatic rings. The Morgan fingerprint density at radius 3 is 3.10 bits per heavy atom. The number of fused-ring (bicyclic) bond motifs is 1. The quantitative estimate of drug-likeness (QED) is 0.648. The highest BCUT2D eigenvalue weighted by Gasteiger charge is 2.17. The Bertz CT molecular complexity index is 540. The molecule has 0 aliphatic carbocycles. The van der Waals surface area contributed by atoms with Crippen molar-refractivity contribution < 1.29 is 9.84 Å². The SMILES string of the molecule is CCN(CCCO)c1nc2sccn2c1CNCCOC. The first kappa shape index (κ1) is 16.2. The molecule has 21 heavy (non-hydrogen) atoms. The van der Waals surface area contributed by atoms with E-state index in [0.717, 1.165) is 43.4 Å². The molecule has 0 amide bonds. The van der Waals surface area contributed by atoms with Gasteiger partial charge in [-0.3, -0.25) is 4.40 Å². The summed E-state index contributed by atoms with van der Waals surface area (Å²) in [5.41, 5.74) is 1.17. The number of thiazole rings is 1. The third-order valence-electron chi connectivity index (χ3n) is 3.38. The predicted molar refractivity (Wildman–Crippen MR) is 86.2 cm³/mol. The van der Waals surface area contributed by atoms with Gasteiger partial charge in [0.05, 0.1) is 12.3 Å². The topological polar surface area (TPSA) is 62.0 Å². The highest BCUT2D eigenvalue weighted by atomic mass is 32.1. The van der Waals surface area contributed by atoms with Crippen molar-refractivity contribution in [2.24, 2.45) is 0 Å². The largest absolute Gasteiger partial charge is 0.396 e. The maximum absolute atomic E-state index is 9.05. The van der Waals surface area contributed by atoms with Crippen LogP contribution < -0.4 is 10.2 Å². The lowest BCUT2D eigenvalue weighted by atomic mass is 10.3. The van der Waals surface area contributed by atoms with E-state index in [-0.39, 0.29) is 6.61 Å². The van der Waals surface area contributed by atoms with Crippen molar-refractivity contribution >= 4 is 22.1 Å². The van der Waals surface area contributed by atoms with Crippen LogP contribution in [0.2, 0.25) is 0 Å². The zero-order valence-electron chi connectivity index (χ0n) is 12.7. The zero-order chi connectivity index (χ0) is 15.1. The van der Waals surface area contributed by atoms with Crippen LogP contribution in [0.3, 0.4) is 0 Å². The zero-order valence-corrected chi connectivity index (χ0v) is 13.5. The van der Waals surface area contributed by atoms with E-state index < -0.39 is 0 Å². The number of hydrogen-bond donors (Lipinski definition) is 2. The molecule has 0 aromatic carbocycles. The second kappa shape index (κ2) is 8.33. The predicted octanol–water partition coefficient (Wildman–Crippen LogP) is 1.34. The molecule has 0 atom stereocenters. The Balaban J connectivity index is 2.17. The van der Waals surface area contributed by atoms with E-state index in [2.05, 4.69) is 33.1 Å².